The molecule has 1 aliphatic heterocycles. The molecule has 26 heavy (non-hydrogen) atoms. The molecule has 136 valence electrons. The second-order valence-electron chi connectivity index (χ2n) is 6.69. The summed E-state index contributed by atoms with van der Waals surface area (Å²) in [6.07, 6.45) is 3.96. The van der Waals surface area contributed by atoms with Crippen molar-refractivity contribution in [2.24, 2.45) is 5.92 Å². The van der Waals surface area contributed by atoms with Crippen LogP contribution in [0.25, 0.3) is 5.65 Å². The van der Waals surface area contributed by atoms with Crippen molar-refractivity contribution in [2.75, 3.05) is 5.73 Å². The van der Waals surface area contributed by atoms with Crippen molar-refractivity contribution in [1.29, 1.82) is 0 Å². The number of hydrogen-bond acceptors (Lipinski definition) is 6. The lowest BCUT2D eigenvalue weighted by atomic mass is 9.94. The summed E-state index contributed by atoms with van der Waals surface area (Å²) in [5.41, 5.74) is 8.59. The Bertz CT molecular complexity index is 882. The topological polar surface area (TPSA) is 87.6 Å². The molecule has 2 aromatic heterocycles. The first-order chi connectivity index (χ1) is 12.7. The van der Waals surface area contributed by atoms with Crippen molar-refractivity contribution >= 4 is 11.6 Å². The maximum Gasteiger partial charge on any atom is 0.224 e. The monoisotopic (exact) mass is 353 g/mol. The van der Waals surface area contributed by atoms with Gasteiger partial charge < -0.3 is 15.2 Å². The summed E-state index contributed by atoms with van der Waals surface area (Å²) in [5.74, 6) is 0.573. The Morgan fingerprint density at radius 2 is 2.04 bits per heavy atom. The van der Waals surface area contributed by atoms with Gasteiger partial charge in [0.2, 0.25) is 5.95 Å². The van der Waals surface area contributed by atoms with Gasteiger partial charge in [-0.2, -0.15) is 9.61 Å². The molecule has 1 aliphatic rings. The lowest BCUT2D eigenvalue weighted by molar-refractivity contribution is -0.0331. The fourth-order valence-electron chi connectivity index (χ4n) is 3.65. The number of nitrogens with two attached hydrogens (primary N) is 1. The van der Waals surface area contributed by atoms with Crippen LogP contribution in [-0.2, 0) is 16.1 Å². The second-order valence-corrected chi connectivity index (χ2v) is 6.69. The van der Waals surface area contributed by atoms with Crippen molar-refractivity contribution in [3.63, 3.8) is 0 Å². The predicted octanol–water partition coefficient (Wildman–Crippen LogP) is 2.78. The molecule has 0 bridgehead atoms. The summed E-state index contributed by atoms with van der Waals surface area (Å²) in [6, 6.07) is 10.2. The summed E-state index contributed by atoms with van der Waals surface area (Å²) in [7, 11) is 0. The van der Waals surface area contributed by atoms with Crippen LogP contribution in [0.5, 0.6) is 0 Å². The summed E-state index contributed by atoms with van der Waals surface area (Å²) in [4.78, 5) is 8.33. The van der Waals surface area contributed by atoms with Gasteiger partial charge in [-0.25, -0.2) is 9.97 Å². The van der Waals surface area contributed by atoms with E-state index in [4.69, 9.17) is 15.2 Å². The number of ether oxygens (including phenoxy) is 2. The molecule has 4 atom stereocenters. The van der Waals surface area contributed by atoms with Gasteiger partial charge in [0.05, 0.1) is 25.0 Å². The number of fused-ring (bicyclic) bond motifs is 1. The molecule has 7 nitrogen and oxygen atoms in total. The number of benzene rings is 1. The first-order valence-electron chi connectivity index (χ1n) is 8.94. The predicted molar refractivity (Wildman–Crippen MR) is 97.3 cm³/mol. The van der Waals surface area contributed by atoms with Gasteiger partial charge in [-0.1, -0.05) is 44.2 Å². The van der Waals surface area contributed by atoms with Crippen LogP contribution in [0, 0.1) is 5.92 Å². The maximum atomic E-state index is 6.34. The normalized spacial score (nSPS) is 25.8. The van der Waals surface area contributed by atoms with Gasteiger partial charge in [-0.15, -0.1) is 0 Å². The molecule has 0 radical (unpaired) electrons. The van der Waals surface area contributed by atoms with Gasteiger partial charge in [0, 0.05) is 11.5 Å². The highest BCUT2D eigenvalue weighted by Crippen LogP contribution is 2.41. The third-order valence-electron chi connectivity index (χ3n) is 5.08. The molecular formula is C19H23N5O2. The van der Waals surface area contributed by atoms with Crippen LogP contribution >= 0.6 is 0 Å². The average Bonchev–Trinajstić information content (AvgIpc) is 3.23. The number of anilines is 1. The van der Waals surface area contributed by atoms with Crippen LogP contribution in [0.15, 0.2) is 42.9 Å². The highest BCUT2D eigenvalue weighted by molar-refractivity contribution is 5.50. The fraction of sp³-hybridized carbons (Fsp3) is 0.421. The van der Waals surface area contributed by atoms with E-state index >= 15 is 0 Å². The smallest absolute Gasteiger partial charge is 0.224 e. The van der Waals surface area contributed by atoms with Crippen LogP contribution in [0.2, 0.25) is 0 Å². The van der Waals surface area contributed by atoms with Crippen LogP contribution < -0.4 is 5.73 Å². The molecular weight excluding hydrogens is 330 g/mol. The van der Waals surface area contributed by atoms with Gasteiger partial charge in [0.1, 0.15) is 12.4 Å². The van der Waals surface area contributed by atoms with Crippen molar-refractivity contribution in [1.82, 2.24) is 19.6 Å². The van der Waals surface area contributed by atoms with E-state index in [2.05, 4.69) is 41.0 Å². The number of aromatic nitrogens is 4. The van der Waals surface area contributed by atoms with Gasteiger partial charge in [-0.3, -0.25) is 0 Å². The van der Waals surface area contributed by atoms with E-state index in [0.29, 0.717) is 18.2 Å². The maximum absolute atomic E-state index is 6.34. The molecule has 1 saturated heterocycles. The molecule has 0 unspecified atom stereocenters. The fourth-order valence-corrected chi connectivity index (χ4v) is 3.65. The summed E-state index contributed by atoms with van der Waals surface area (Å²) >= 11 is 0. The van der Waals surface area contributed by atoms with E-state index in [-0.39, 0.29) is 24.2 Å². The molecule has 3 heterocycles. The van der Waals surface area contributed by atoms with Gasteiger partial charge in [0.15, 0.2) is 5.65 Å². The highest BCUT2D eigenvalue weighted by Gasteiger charge is 2.44. The number of nitrogen functional groups attached to an aromatic ring is 1. The molecule has 0 spiro atoms. The number of rotatable bonds is 5. The van der Waals surface area contributed by atoms with Crippen LogP contribution in [0.4, 0.5) is 5.95 Å². The quantitative estimate of drug-likeness (QED) is 0.759. The molecule has 4 rings (SSSR count). The van der Waals surface area contributed by atoms with E-state index < -0.39 is 0 Å². The SMILES string of the molecule is CC[C@H]1O[C@@H](c2cnn3c(N)ncnc23)[C@H](OCc2ccccc2)[C@@H]1C. The van der Waals surface area contributed by atoms with Crippen molar-refractivity contribution in [3.05, 3.63) is 54.0 Å². The van der Waals surface area contributed by atoms with Gasteiger partial charge in [0.25, 0.3) is 0 Å². The third-order valence-corrected chi connectivity index (χ3v) is 5.08. The van der Waals surface area contributed by atoms with Crippen LogP contribution in [0.1, 0.15) is 37.5 Å². The van der Waals surface area contributed by atoms with Crippen molar-refractivity contribution < 1.29 is 9.47 Å². The van der Waals surface area contributed by atoms with E-state index in [9.17, 15) is 0 Å². The zero-order valence-corrected chi connectivity index (χ0v) is 14.9. The van der Waals surface area contributed by atoms with E-state index in [1.54, 1.807) is 6.20 Å². The minimum atomic E-state index is -0.231. The average molecular weight is 353 g/mol. The first-order valence-corrected chi connectivity index (χ1v) is 8.94. The Kier molecular flexibility index (Phi) is 4.57. The van der Waals surface area contributed by atoms with E-state index in [0.717, 1.165) is 17.5 Å². The molecule has 0 amide bonds. The van der Waals surface area contributed by atoms with E-state index in [1.165, 1.54) is 10.8 Å². The van der Waals surface area contributed by atoms with E-state index in [1.807, 2.05) is 18.2 Å². The Morgan fingerprint density at radius 3 is 2.81 bits per heavy atom. The molecule has 1 fully saturated rings. The van der Waals surface area contributed by atoms with Gasteiger partial charge >= 0.3 is 0 Å². The van der Waals surface area contributed by atoms with Crippen LogP contribution in [-0.4, -0.2) is 31.8 Å². The van der Waals surface area contributed by atoms with Crippen LogP contribution in [0.3, 0.4) is 0 Å². The van der Waals surface area contributed by atoms with Crippen molar-refractivity contribution in [3.8, 4) is 0 Å². The first kappa shape index (κ1) is 16.9. The molecule has 1 aromatic carbocycles. The Morgan fingerprint density at radius 1 is 1.23 bits per heavy atom. The summed E-state index contributed by atoms with van der Waals surface area (Å²) in [6.45, 7) is 4.86. The molecule has 0 saturated carbocycles. The third kappa shape index (κ3) is 2.93. The zero-order chi connectivity index (χ0) is 18.1. The summed E-state index contributed by atoms with van der Waals surface area (Å²) < 4.78 is 14.2. The largest absolute Gasteiger partial charge is 0.370 e. The van der Waals surface area contributed by atoms with Crippen molar-refractivity contribution in [2.45, 2.75) is 45.2 Å². The number of hydrogen-bond donors (Lipinski definition) is 1. The molecule has 0 aliphatic carbocycles. The molecule has 7 heteroatoms. The highest BCUT2D eigenvalue weighted by atomic mass is 16.6. The lowest BCUT2D eigenvalue weighted by Gasteiger charge is -2.21. The minimum absolute atomic E-state index is 0.0793. The zero-order valence-electron chi connectivity index (χ0n) is 14.9. The Labute approximate surface area is 152 Å². The molecule has 3 aromatic rings. The summed E-state index contributed by atoms with van der Waals surface area (Å²) in [5, 5.41) is 4.32. The van der Waals surface area contributed by atoms with Gasteiger partial charge in [-0.05, 0) is 12.0 Å². The minimum Gasteiger partial charge on any atom is -0.370 e. The lowest BCUT2D eigenvalue weighted by Crippen LogP contribution is -2.25. The Hall–Kier alpha value is -2.51. The second kappa shape index (κ2) is 7.01. The standard InChI is InChI=1S/C19H23N5O2/c1-3-15-12(2)16(25-10-13-7-5-4-6-8-13)17(26-15)14-9-23-24-18(14)21-11-22-19(24)20/h4-9,11-12,15-17H,3,10H2,1-2H3,(H2,20,21,22)/t12-,15-,16-,17+/m1/s1. The Balaban J connectivity index is 1.64. The number of nitrogens with zero attached hydrogens (tertiary/aromatic N) is 4. The molecule has 2 N–H and O–H groups in total.